The highest BCUT2D eigenvalue weighted by molar-refractivity contribution is 5.96. The first kappa shape index (κ1) is 10.5. The molecule has 6 heteroatoms. The Morgan fingerprint density at radius 3 is 2.94 bits per heavy atom. The minimum absolute atomic E-state index is 0.00393. The minimum Gasteiger partial charge on any atom is -0.477 e. The molecule has 0 spiro atoms. The Kier molecular flexibility index (Phi) is 2.16. The van der Waals surface area contributed by atoms with Crippen LogP contribution in [0.4, 0.5) is 4.39 Å². The van der Waals surface area contributed by atoms with Crippen molar-refractivity contribution < 1.29 is 14.3 Å². The molecule has 3 aromatic rings. The number of H-pyrrole nitrogens is 2. The number of fused-ring (bicyclic) bond motifs is 1. The molecule has 90 valence electrons. The van der Waals surface area contributed by atoms with Crippen molar-refractivity contribution in [1.82, 2.24) is 15.2 Å². The zero-order chi connectivity index (χ0) is 12.7. The van der Waals surface area contributed by atoms with Gasteiger partial charge in [-0.25, -0.2) is 9.18 Å². The predicted octanol–water partition coefficient (Wildman–Crippen LogP) is 2.40. The fourth-order valence-corrected chi connectivity index (χ4v) is 1.90. The second kappa shape index (κ2) is 3.69. The van der Waals surface area contributed by atoms with Crippen molar-refractivity contribution in [3.63, 3.8) is 0 Å². The van der Waals surface area contributed by atoms with E-state index in [1.807, 2.05) is 0 Å². The Morgan fingerprint density at radius 1 is 1.39 bits per heavy atom. The Balaban J connectivity index is 2.19. The average molecular weight is 245 g/mol. The van der Waals surface area contributed by atoms with Crippen LogP contribution >= 0.6 is 0 Å². The number of para-hydroxylation sites is 1. The number of nitrogens with zero attached hydrogens (tertiary/aromatic N) is 1. The number of nitrogens with one attached hydrogen (secondary N) is 2. The molecular formula is C12H8FN3O2. The van der Waals surface area contributed by atoms with Gasteiger partial charge in [-0.05, 0) is 12.1 Å². The fraction of sp³-hybridized carbons (Fsp3) is 0. The van der Waals surface area contributed by atoms with Crippen LogP contribution in [-0.2, 0) is 0 Å². The standard InChI is InChI=1S/C12H8FN3O2/c13-8-3-1-2-6-7(5-14-11(6)8)9-4-10(12(17)18)16-15-9/h1-5,14H,(H,15,16)(H,17,18). The Labute approximate surface area is 100 Å². The lowest BCUT2D eigenvalue weighted by molar-refractivity contribution is 0.0690. The first-order valence-electron chi connectivity index (χ1n) is 5.21. The second-order valence-corrected chi connectivity index (χ2v) is 3.84. The zero-order valence-electron chi connectivity index (χ0n) is 9.07. The van der Waals surface area contributed by atoms with Crippen molar-refractivity contribution in [2.75, 3.05) is 0 Å². The molecular weight excluding hydrogens is 237 g/mol. The molecule has 0 saturated carbocycles. The second-order valence-electron chi connectivity index (χ2n) is 3.84. The van der Waals surface area contributed by atoms with Gasteiger partial charge in [0.2, 0.25) is 0 Å². The summed E-state index contributed by atoms with van der Waals surface area (Å²) >= 11 is 0. The van der Waals surface area contributed by atoms with Gasteiger partial charge in [0.1, 0.15) is 11.5 Å². The third kappa shape index (κ3) is 1.46. The van der Waals surface area contributed by atoms with E-state index in [4.69, 9.17) is 5.11 Å². The predicted molar refractivity (Wildman–Crippen MR) is 62.8 cm³/mol. The van der Waals surface area contributed by atoms with Gasteiger partial charge in [0.15, 0.2) is 0 Å². The lowest BCUT2D eigenvalue weighted by Gasteiger charge is -1.94. The number of aromatic nitrogens is 3. The zero-order valence-corrected chi connectivity index (χ0v) is 9.07. The van der Waals surface area contributed by atoms with E-state index in [0.29, 0.717) is 22.2 Å². The summed E-state index contributed by atoms with van der Waals surface area (Å²) in [5.41, 5.74) is 1.50. The summed E-state index contributed by atoms with van der Waals surface area (Å²) in [5, 5.41) is 15.8. The van der Waals surface area contributed by atoms with Crippen molar-refractivity contribution in [2.24, 2.45) is 0 Å². The number of rotatable bonds is 2. The van der Waals surface area contributed by atoms with Gasteiger partial charge in [-0.15, -0.1) is 0 Å². The van der Waals surface area contributed by atoms with Crippen LogP contribution in [0.1, 0.15) is 10.5 Å². The smallest absolute Gasteiger partial charge is 0.353 e. The molecule has 0 bridgehead atoms. The maximum Gasteiger partial charge on any atom is 0.353 e. The van der Waals surface area contributed by atoms with Crippen LogP contribution < -0.4 is 0 Å². The number of carboxylic acid groups (broad SMARTS) is 1. The third-order valence-corrected chi connectivity index (χ3v) is 2.75. The van der Waals surface area contributed by atoms with Crippen LogP contribution in [0.2, 0.25) is 0 Å². The van der Waals surface area contributed by atoms with Crippen molar-refractivity contribution in [3.05, 3.63) is 42.0 Å². The number of hydrogen-bond donors (Lipinski definition) is 3. The third-order valence-electron chi connectivity index (χ3n) is 2.75. The van der Waals surface area contributed by atoms with Gasteiger partial charge in [-0.1, -0.05) is 12.1 Å². The molecule has 0 fully saturated rings. The molecule has 0 radical (unpaired) electrons. The van der Waals surface area contributed by atoms with E-state index in [-0.39, 0.29) is 11.5 Å². The van der Waals surface area contributed by atoms with E-state index in [0.717, 1.165) is 0 Å². The number of aromatic amines is 2. The van der Waals surface area contributed by atoms with Crippen LogP contribution in [0, 0.1) is 5.82 Å². The molecule has 1 aromatic carbocycles. The van der Waals surface area contributed by atoms with E-state index >= 15 is 0 Å². The Morgan fingerprint density at radius 2 is 2.22 bits per heavy atom. The van der Waals surface area contributed by atoms with Crippen molar-refractivity contribution in [3.8, 4) is 11.3 Å². The van der Waals surface area contributed by atoms with Crippen molar-refractivity contribution in [2.45, 2.75) is 0 Å². The van der Waals surface area contributed by atoms with E-state index in [1.54, 1.807) is 18.3 Å². The molecule has 0 aliphatic rings. The summed E-state index contributed by atoms with van der Waals surface area (Å²) in [6.45, 7) is 0. The van der Waals surface area contributed by atoms with Gasteiger partial charge in [0.05, 0.1) is 11.2 Å². The number of hydrogen-bond acceptors (Lipinski definition) is 2. The van der Waals surface area contributed by atoms with Crippen molar-refractivity contribution in [1.29, 1.82) is 0 Å². The summed E-state index contributed by atoms with van der Waals surface area (Å²) in [6.07, 6.45) is 1.61. The van der Waals surface area contributed by atoms with E-state index in [2.05, 4.69) is 15.2 Å². The summed E-state index contributed by atoms with van der Waals surface area (Å²) < 4.78 is 13.5. The largest absolute Gasteiger partial charge is 0.477 e. The first-order chi connectivity index (χ1) is 8.66. The molecule has 0 atom stereocenters. The van der Waals surface area contributed by atoms with Gasteiger partial charge < -0.3 is 10.1 Å². The normalized spacial score (nSPS) is 10.9. The maximum atomic E-state index is 13.5. The monoisotopic (exact) mass is 245 g/mol. The highest BCUT2D eigenvalue weighted by Crippen LogP contribution is 2.28. The number of carboxylic acids is 1. The number of carbonyl (C=O) groups is 1. The summed E-state index contributed by atoms with van der Waals surface area (Å²) in [4.78, 5) is 13.6. The molecule has 0 amide bonds. The van der Waals surface area contributed by atoms with Crippen LogP contribution in [0.25, 0.3) is 22.2 Å². The molecule has 2 aromatic heterocycles. The Hall–Kier alpha value is -2.63. The van der Waals surface area contributed by atoms with Crippen LogP contribution in [0.5, 0.6) is 0 Å². The lowest BCUT2D eigenvalue weighted by atomic mass is 10.1. The van der Waals surface area contributed by atoms with Crippen LogP contribution in [0.15, 0.2) is 30.5 Å². The molecule has 0 saturated heterocycles. The summed E-state index contributed by atoms with van der Waals surface area (Å²) in [6, 6.07) is 6.12. The molecule has 3 rings (SSSR count). The fourth-order valence-electron chi connectivity index (χ4n) is 1.90. The van der Waals surface area contributed by atoms with Crippen LogP contribution in [-0.4, -0.2) is 26.3 Å². The Bertz CT molecular complexity index is 745. The summed E-state index contributed by atoms with van der Waals surface area (Å²) in [7, 11) is 0. The topological polar surface area (TPSA) is 81.8 Å². The maximum absolute atomic E-state index is 13.5. The van der Waals surface area contributed by atoms with Crippen molar-refractivity contribution >= 4 is 16.9 Å². The highest BCUT2D eigenvalue weighted by Gasteiger charge is 2.13. The molecule has 0 aliphatic carbocycles. The SMILES string of the molecule is O=C(O)c1cc(-c2c[nH]c3c(F)cccc23)n[nH]1. The van der Waals surface area contributed by atoms with E-state index < -0.39 is 5.97 Å². The van der Waals surface area contributed by atoms with E-state index in [9.17, 15) is 9.18 Å². The molecule has 5 nitrogen and oxygen atoms in total. The molecule has 0 unspecified atom stereocenters. The number of aromatic carboxylic acids is 1. The lowest BCUT2D eigenvalue weighted by Crippen LogP contribution is -1.95. The van der Waals surface area contributed by atoms with Gasteiger partial charge >= 0.3 is 5.97 Å². The number of halogens is 1. The highest BCUT2D eigenvalue weighted by atomic mass is 19.1. The minimum atomic E-state index is -1.08. The van der Waals surface area contributed by atoms with Gasteiger partial charge in [0.25, 0.3) is 0 Å². The average Bonchev–Trinajstić information content (AvgIpc) is 2.94. The molecule has 18 heavy (non-hydrogen) atoms. The van der Waals surface area contributed by atoms with Gasteiger partial charge in [0, 0.05) is 17.1 Å². The quantitative estimate of drug-likeness (QED) is 0.648. The first-order valence-corrected chi connectivity index (χ1v) is 5.21. The van der Waals surface area contributed by atoms with E-state index in [1.165, 1.54) is 12.1 Å². The molecule has 3 N–H and O–H groups in total. The van der Waals surface area contributed by atoms with Gasteiger partial charge in [-0.2, -0.15) is 5.10 Å². The summed E-state index contributed by atoms with van der Waals surface area (Å²) in [5.74, 6) is -1.44. The molecule has 2 heterocycles. The van der Waals surface area contributed by atoms with Gasteiger partial charge in [-0.3, -0.25) is 5.10 Å². The molecule has 0 aliphatic heterocycles. The van der Waals surface area contributed by atoms with Crippen LogP contribution in [0.3, 0.4) is 0 Å². The number of benzene rings is 1.